The first-order chi connectivity index (χ1) is 24.0. The number of amides is 2. The average Bonchev–Trinajstić information content (AvgIpc) is 3.45. The summed E-state index contributed by atoms with van der Waals surface area (Å²) in [6, 6.07) is 36.7. The highest BCUT2D eigenvalue weighted by Gasteiger charge is 2.37. The summed E-state index contributed by atoms with van der Waals surface area (Å²) in [5.41, 5.74) is 9.19. The monoisotopic (exact) mass is 633 g/mol. The number of carbonyl (C=O) groups is 2. The fourth-order valence-corrected chi connectivity index (χ4v) is 7.35. The van der Waals surface area contributed by atoms with E-state index in [1.807, 2.05) is 72.8 Å². The molecule has 1 unspecified atom stereocenters. The fraction of sp³-hybridized carbons (Fsp3) is 0.174. The summed E-state index contributed by atoms with van der Waals surface area (Å²) in [6.45, 7) is 4.79. The van der Waals surface area contributed by atoms with Crippen LogP contribution in [0.15, 0.2) is 109 Å². The molecule has 0 saturated heterocycles. The molecular formula is C46H35NO2. The summed E-state index contributed by atoms with van der Waals surface area (Å²) in [7, 11) is 0. The van der Waals surface area contributed by atoms with E-state index < -0.39 is 0 Å². The van der Waals surface area contributed by atoms with Crippen molar-refractivity contribution in [2.24, 2.45) is 5.92 Å². The number of carbonyl (C=O) groups excluding carboxylic acids is 2. The van der Waals surface area contributed by atoms with Crippen molar-refractivity contribution < 1.29 is 9.59 Å². The lowest BCUT2D eigenvalue weighted by atomic mass is 9.89. The van der Waals surface area contributed by atoms with Gasteiger partial charge < -0.3 is 0 Å². The molecule has 2 aliphatic rings. The summed E-state index contributed by atoms with van der Waals surface area (Å²) < 4.78 is 0. The van der Waals surface area contributed by atoms with Gasteiger partial charge in [0.25, 0.3) is 11.8 Å². The lowest BCUT2D eigenvalue weighted by molar-refractivity contribution is 0.0580. The van der Waals surface area contributed by atoms with Crippen LogP contribution in [0.25, 0.3) is 43.8 Å². The Balaban J connectivity index is 1.25. The van der Waals surface area contributed by atoms with E-state index in [0.717, 1.165) is 91.7 Å². The minimum atomic E-state index is -0.180. The number of fused-ring (bicyclic) bond motifs is 4. The molecule has 1 aliphatic carbocycles. The van der Waals surface area contributed by atoms with Gasteiger partial charge in [-0.2, -0.15) is 0 Å². The number of hydrogen-bond donors (Lipinski definition) is 0. The molecule has 0 saturated carbocycles. The molecule has 0 N–H and O–H groups in total. The molecule has 1 aliphatic heterocycles. The van der Waals surface area contributed by atoms with Gasteiger partial charge in [-0.3, -0.25) is 14.5 Å². The van der Waals surface area contributed by atoms with Crippen LogP contribution in [0.3, 0.4) is 0 Å². The van der Waals surface area contributed by atoms with Gasteiger partial charge in [0.1, 0.15) is 0 Å². The molecule has 6 aromatic carbocycles. The normalized spacial score (nSPS) is 13.1. The zero-order valence-electron chi connectivity index (χ0n) is 27.8. The van der Waals surface area contributed by atoms with E-state index in [4.69, 9.17) is 0 Å². The predicted octanol–water partition coefficient (Wildman–Crippen LogP) is 10.3. The summed E-state index contributed by atoms with van der Waals surface area (Å²) in [5, 5.41) is 3.91. The Morgan fingerprint density at radius 2 is 1.02 bits per heavy atom. The van der Waals surface area contributed by atoms with Crippen LogP contribution in [0.4, 0.5) is 0 Å². The summed E-state index contributed by atoms with van der Waals surface area (Å²) in [5.74, 6) is 13.4. The molecule has 2 amide bonds. The lowest BCUT2D eigenvalue weighted by Gasteiger charge is -2.30. The molecule has 0 fully saturated rings. The summed E-state index contributed by atoms with van der Waals surface area (Å²) in [6.07, 6.45) is 4.17. The van der Waals surface area contributed by atoms with E-state index in [1.54, 1.807) is 0 Å². The second-order valence-corrected chi connectivity index (χ2v) is 13.1. The predicted molar refractivity (Wildman–Crippen MR) is 199 cm³/mol. The highest BCUT2D eigenvalue weighted by Crippen LogP contribution is 2.51. The summed E-state index contributed by atoms with van der Waals surface area (Å²) >= 11 is 0. The first-order valence-electron chi connectivity index (χ1n) is 17.3. The Hall–Kier alpha value is -5.90. The molecule has 0 spiro atoms. The van der Waals surface area contributed by atoms with Gasteiger partial charge >= 0.3 is 0 Å². The number of benzene rings is 6. The van der Waals surface area contributed by atoms with Gasteiger partial charge in [0.15, 0.2) is 0 Å². The fourth-order valence-electron chi connectivity index (χ4n) is 7.35. The van der Waals surface area contributed by atoms with Gasteiger partial charge in [-0.1, -0.05) is 105 Å². The minimum absolute atomic E-state index is 0.180. The zero-order chi connectivity index (χ0) is 33.5. The molecule has 1 atom stereocenters. The SMILES string of the molecule is CCCCC(CC)CN1C(=O)c2ccc3c4c(ccc(c24)C1=O)-c1cc2cc(C#Cc4ccccc4)c(C#Cc4ccccc4)cc2cc1-3. The maximum absolute atomic E-state index is 13.9. The third kappa shape index (κ3) is 5.39. The molecule has 0 aromatic heterocycles. The van der Waals surface area contributed by atoms with E-state index in [2.05, 4.69) is 73.9 Å². The van der Waals surface area contributed by atoms with Crippen molar-refractivity contribution in [3.63, 3.8) is 0 Å². The standard InChI is InChI=1S/C46H35NO2/c1-3-5-12-30(4-2)29-47-45(48)39-23-21-37-41-27-35-25-33(19-17-31-13-8-6-9-14-31)34(20-18-32-15-10-7-11-16-32)26-36(35)28-42(41)38-22-24-40(46(47)49)44(39)43(37)38/h6-11,13-16,21-28,30H,3-5,12,29H2,1-2H3. The highest BCUT2D eigenvalue weighted by atomic mass is 16.2. The van der Waals surface area contributed by atoms with Crippen LogP contribution in [0, 0.1) is 29.6 Å². The molecular weight excluding hydrogens is 599 g/mol. The Morgan fingerprint density at radius 1 is 0.551 bits per heavy atom. The van der Waals surface area contributed by atoms with Crippen LogP contribution in [0.2, 0.25) is 0 Å². The van der Waals surface area contributed by atoms with E-state index in [9.17, 15) is 9.59 Å². The third-order valence-corrected chi connectivity index (χ3v) is 10.0. The molecule has 0 radical (unpaired) electrons. The van der Waals surface area contributed by atoms with Crippen LogP contribution in [0.1, 0.15) is 82.5 Å². The number of imide groups is 1. The van der Waals surface area contributed by atoms with Crippen LogP contribution in [-0.2, 0) is 0 Å². The number of rotatable bonds is 6. The number of hydrogen-bond acceptors (Lipinski definition) is 2. The van der Waals surface area contributed by atoms with Crippen LogP contribution in [0.5, 0.6) is 0 Å². The van der Waals surface area contributed by atoms with Gasteiger partial charge in [0.05, 0.1) is 0 Å². The largest absolute Gasteiger partial charge is 0.274 e. The van der Waals surface area contributed by atoms with Crippen molar-refractivity contribution in [1.29, 1.82) is 0 Å². The number of nitrogens with zero attached hydrogens (tertiary/aromatic N) is 1. The van der Waals surface area contributed by atoms with Crippen molar-refractivity contribution in [3.8, 4) is 45.9 Å². The smallest absolute Gasteiger partial charge is 0.261 e. The molecule has 49 heavy (non-hydrogen) atoms. The quantitative estimate of drug-likeness (QED) is 0.135. The highest BCUT2D eigenvalue weighted by molar-refractivity contribution is 6.31. The Bertz CT molecular complexity index is 2280. The van der Waals surface area contributed by atoms with E-state index in [-0.39, 0.29) is 11.8 Å². The maximum atomic E-state index is 13.9. The van der Waals surface area contributed by atoms with Gasteiger partial charge in [0.2, 0.25) is 0 Å². The van der Waals surface area contributed by atoms with Gasteiger partial charge in [-0.05, 0) is 111 Å². The first-order valence-corrected chi connectivity index (χ1v) is 17.3. The second kappa shape index (κ2) is 12.6. The van der Waals surface area contributed by atoms with Gasteiger partial charge in [-0.25, -0.2) is 0 Å². The molecule has 6 aromatic rings. The van der Waals surface area contributed by atoms with Crippen LogP contribution in [-0.4, -0.2) is 23.3 Å². The molecule has 8 rings (SSSR count). The van der Waals surface area contributed by atoms with Crippen molar-refractivity contribution >= 4 is 33.4 Å². The Kier molecular flexibility index (Phi) is 7.83. The van der Waals surface area contributed by atoms with E-state index in [0.29, 0.717) is 23.6 Å². The number of unbranched alkanes of at least 4 members (excludes halogenated alkanes) is 1. The molecule has 0 bridgehead atoms. The summed E-state index contributed by atoms with van der Waals surface area (Å²) in [4.78, 5) is 29.4. The molecule has 3 nitrogen and oxygen atoms in total. The van der Waals surface area contributed by atoms with Crippen molar-refractivity contribution in [2.75, 3.05) is 6.54 Å². The molecule has 236 valence electrons. The topological polar surface area (TPSA) is 37.4 Å². The van der Waals surface area contributed by atoms with Crippen LogP contribution < -0.4 is 0 Å². The molecule has 3 heteroatoms. The second-order valence-electron chi connectivity index (χ2n) is 13.1. The van der Waals surface area contributed by atoms with Gasteiger partial charge in [-0.15, -0.1) is 0 Å². The molecule has 1 heterocycles. The Morgan fingerprint density at radius 3 is 1.49 bits per heavy atom. The van der Waals surface area contributed by atoms with Crippen molar-refractivity contribution in [1.82, 2.24) is 4.90 Å². The average molecular weight is 634 g/mol. The van der Waals surface area contributed by atoms with Gasteiger partial charge in [0, 0.05) is 45.3 Å². The van der Waals surface area contributed by atoms with Crippen molar-refractivity contribution in [2.45, 2.75) is 39.5 Å². The van der Waals surface area contributed by atoms with E-state index >= 15 is 0 Å². The minimum Gasteiger partial charge on any atom is -0.274 e. The van der Waals surface area contributed by atoms with Crippen molar-refractivity contribution in [3.05, 3.63) is 143 Å². The first kappa shape index (κ1) is 30.4. The van der Waals surface area contributed by atoms with E-state index in [1.165, 1.54) is 4.90 Å². The maximum Gasteiger partial charge on any atom is 0.261 e. The van der Waals surface area contributed by atoms with Crippen LogP contribution >= 0.6 is 0 Å². The lowest BCUT2D eigenvalue weighted by Crippen LogP contribution is -2.43. The zero-order valence-corrected chi connectivity index (χ0v) is 27.8. The Labute approximate surface area is 287 Å². The third-order valence-electron chi connectivity index (χ3n) is 10.0.